The van der Waals surface area contributed by atoms with Gasteiger partial charge in [-0.1, -0.05) is 18.2 Å². The highest BCUT2D eigenvalue weighted by atomic mass is 15.5. The maximum atomic E-state index is 3.87. The average Bonchev–Trinajstić information content (AvgIpc) is 2.58. The van der Waals surface area contributed by atoms with Gasteiger partial charge >= 0.3 is 0 Å². The molecule has 0 atom stereocenters. The molecular weight excluding hydrogens is 140 g/mol. The standard InChI is InChI=1S/C7H8N4/c1-2-4-6(5-3-1)7-8-10-11-9-7/h2,4-5H,1,3H2,(H,8,9,10,11). The zero-order valence-corrected chi connectivity index (χ0v) is 5.99. The van der Waals surface area contributed by atoms with Crippen molar-refractivity contribution in [3.8, 4) is 0 Å². The Morgan fingerprint density at radius 1 is 1.36 bits per heavy atom. The third-order valence-corrected chi connectivity index (χ3v) is 1.60. The fourth-order valence-electron chi connectivity index (χ4n) is 1.06. The summed E-state index contributed by atoms with van der Waals surface area (Å²) in [5, 5.41) is 13.7. The number of nitrogens with zero attached hydrogens (tertiary/aromatic N) is 3. The van der Waals surface area contributed by atoms with Crippen LogP contribution in [-0.2, 0) is 0 Å². The Labute approximate surface area is 64.0 Å². The molecule has 1 aromatic heterocycles. The third kappa shape index (κ3) is 1.19. The summed E-state index contributed by atoms with van der Waals surface area (Å²) in [5.74, 6) is 0.681. The zero-order valence-electron chi connectivity index (χ0n) is 5.99. The Morgan fingerprint density at radius 3 is 3.00 bits per heavy atom. The zero-order chi connectivity index (χ0) is 7.52. The fraction of sp³-hybridized carbons (Fsp3) is 0.286. The van der Waals surface area contributed by atoms with Crippen molar-refractivity contribution in [3.05, 3.63) is 24.1 Å². The number of hydrogen-bond donors (Lipinski definition) is 1. The predicted octanol–water partition coefficient (Wildman–Crippen LogP) is 0.933. The summed E-state index contributed by atoms with van der Waals surface area (Å²) < 4.78 is 0. The van der Waals surface area contributed by atoms with Gasteiger partial charge in [-0.15, -0.1) is 10.2 Å². The molecule has 1 aromatic rings. The molecule has 56 valence electrons. The summed E-state index contributed by atoms with van der Waals surface area (Å²) in [6.45, 7) is 0. The molecule has 0 radical (unpaired) electrons. The Bertz CT molecular complexity index is 283. The molecule has 0 aromatic carbocycles. The van der Waals surface area contributed by atoms with E-state index in [1.807, 2.05) is 6.08 Å². The van der Waals surface area contributed by atoms with Crippen LogP contribution in [0.2, 0.25) is 0 Å². The normalized spacial score (nSPS) is 16.5. The molecule has 0 fully saturated rings. The van der Waals surface area contributed by atoms with E-state index < -0.39 is 0 Å². The van der Waals surface area contributed by atoms with Crippen molar-refractivity contribution in [1.82, 2.24) is 20.6 Å². The van der Waals surface area contributed by atoms with Crippen LogP contribution in [0.3, 0.4) is 0 Å². The molecule has 1 N–H and O–H groups in total. The van der Waals surface area contributed by atoms with Crippen LogP contribution in [0.1, 0.15) is 18.7 Å². The van der Waals surface area contributed by atoms with Crippen LogP contribution in [-0.4, -0.2) is 20.6 Å². The first kappa shape index (κ1) is 6.27. The first-order valence-corrected chi connectivity index (χ1v) is 3.57. The Hall–Kier alpha value is -1.45. The van der Waals surface area contributed by atoms with Crippen LogP contribution in [0.4, 0.5) is 0 Å². The summed E-state index contributed by atoms with van der Waals surface area (Å²) in [7, 11) is 0. The van der Waals surface area contributed by atoms with Crippen LogP contribution in [0.5, 0.6) is 0 Å². The highest BCUT2D eigenvalue weighted by Crippen LogP contribution is 2.16. The number of hydrogen-bond acceptors (Lipinski definition) is 3. The summed E-state index contributed by atoms with van der Waals surface area (Å²) >= 11 is 0. The van der Waals surface area contributed by atoms with Gasteiger partial charge in [0.05, 0.1) is 0 Å². The number of rotatable bonds is 1. The SMILES string of the molecule is C1=CC(c2nn[nH]n2)=CCC1. The number of aromatic nitrogens is 4. The average molecular weight is 148 g/mol. The molecule has 1 aliphatic carbocycles. The first-order chi connectivity index (χ1) is 5.47. The van der Waals surface area contributed by atoms with Gasteiger partial charge < -0.3 is 0 Å². The van der Waals surface area contributed by atoms with Crippen molar-refractivity contribution in [2.45, 2.75) is 12.8 Å². The van der Waals surface area contributed by atoms with Gasteiger partial charge in [0.15, 0.2) is 0 Å². The van der Waals surface area contributed by atoms with E-state index in [-0.39, 0.29) is 0 Å². The lowest BCUT2D eigenvalue weighted by Gasteiger charge is -1.99. The van der Waals surface area contributed by atoms with Gasteiger partial charge in [-0.05, 0) is 18.1 Å². The lowest BCUT2D eigenvalue weighted by Crippen LogP contribution is -1.88. The van der Waals surface area contributed by atoms with Crippen LogP contribution in [0, 0.1) is 0 Å². The predicted molar refractivity (Wildman–Crippen MR) is 40.5 cm³/mol. The van der Waals surface area contributed by atoms with E-state index in [0.29, 0.717) is 5.82 Å². The number of H-pyrrole nitrogens is 1. The number of allylic oxidation sites excluding steroid dienone is 4. The van der Waals surface area contributed by atoms with E-state index in [2.05, 4.69) is 32.8 Å². The highest BCUT2D eigenvalue weighted by molar-refractivity contribution is 5.69. The molecule has 0 saturated heterocycles. The topological polar surface area (TPSA) is 54.5 Å². The molecule has 2 rings (SSSR count). The second-order valence-corrected chi connectivity index (χ2v) is 2.37. The second-order valence-electron chi connectivity index (χ2n) is 2.37. The Kier molecular flexibility index (Phi) is 1.51. The molecule has 0 unspecified atom stereocenters. The van der Waals surface area contributed by atoms with Gasteiger partial charge in [0, 0.05) is 5.57 Å². The van der Waals surface area contributed by atoms with Gasteiger partial charge in [-0.3, -0.25) is 0 Å². The van der Waals surface area contributed by atoms with Gasteiger partial charge in [0.1, 0.15) is 0 Å². The molecular formula is C7H8N4. The molecule has 0 bridgehead atoms. The molecule has 0 spiro atoms. The van der Waals surface area contributed by atoms with Gasteiger partial charge in [-0.2, -0.15) is 5.21 Å². The van der Waals surface area contributed by atoms with Gasteiger partial charge in [-0.25, -0.2) is 0 Å². The maximum absolute atomic E-state index is 3.87. The van der Waals surface area contributed by atoms with Crippen LogP contribution in [0.15, 0.2) is 18.2 Å². The molecule has 0 saturated carbocycles. The van der Waals surface area contributed by atoms with E-state index in [1.165, 1.54) is 0 Å². The van der Waals surface area contributed by atoms with Crippen molar-refractivity contribution in [1.29, 1.82) is 0 Å². The number of aromatic amines is 1. The van der Waals surface area contributed by atoms with Crippen molar-refractivity contribution < 1.29 is 0 Å². The second kappa shape index (κ2) is 2.65. The quantitative estimate of drug-likeness (QED) is 0.644. The largest absolute Gasteiger partial charge is 0.204 e. The molecule has 1 heterocycles. The smallest absolute Gasteiger partial charge is 0.177 e. The molecule has 11 heavy (non-hydrogen) atoms. The fourth-order valence-corrected chi connectivity index (χ4v) is 1.06. The molecule has 0 amide bonds. The highest BCUT2D eigenvalue weighted by Gasteiger charge is 2.03. The van der Waals surface area contributed by atoms with Crippen LogP contribution in [0.25, 0.3) is 5.57 Å². The minimum Gasteiger partial charge on any atom is -0.177 e. The van der Waals surface area contributed by atoms with E-state index in [4.69, 9.17) is 0 Å². The lowest BCUT2D eigenvalue weighted by molar-refractivity contribution is 0.881. The van der Waals surface area contributed by atoms with Crippen molar-refractivity contribution in [2.24, 2.45) is 0 Å². The summed E-state index contributed by atoms with van der Waals surface area (Å²) in [4.78, 5) is 0. The van der Waals surface area contributed by atoms with E-state index in [0.717, 1.165) is 18.4 Å². The van der Waals surface area contributed by atoms with Crippen LogP contribution >= 0.6 is 0 Å². The minimum atomic E-state index is 0.681. The first-order valence-electron chi connectivity index (χ1n) is 3.57. The Morgan fingerprint density at radius 2 is 2.36 bits per heavy atom. The van der Waals surface area contributed by atoms with Crippen LogP contribution < -0.4 is 0 Å². The van der Waals surface area contributed by atoms with E-state index >= 15 is 0 Å². The summed E-state index contributed by atoms with van der Waals surface area (Å²) in [5.41, 5.74) is 1.06. The summed E-state index contributed by atoms with van der Waals surface area (Å²) in [6, 6.07) is 0. The molecule has 4 nitrogen and oxygen atoms in total. The monoisotopic (exact) mass is 148 g/mol. The van der Waals surface area contributed by atoms with Gasteiger partial charge in [0.2, 0.25) is 5.82 Å². The molecule has 1 aliphatic rings. The number of nitrogens with one attached hydrogen (secondary N) is 1. The van der Waals surface area contributed by atoms with Gasteiger partial charge in [0.25, 0.3) is 0 Å². The molecule has 4 heteroatoms. The third-order valence-electron chi connectivity index (χ3n) is 1.60. The van der Waals surface area contributed by atoms with Crippen molar-refractivity contribution >= 4 is 5.57 Å². The van der Waals surface area contributed by atoms with Crippen molar-refractivity contribution in [2.75, 3.05) is 0 Å². The molecule has 0 aliphatic heterocycles. The summed E-state index contributed by atoms with van der Waals surface area (Å²) in [6.07, 6.45) is 8.44. The maximum Gasteiger partial charge on any atom is 0.204 e. The van der Waals surface area contributed by atoms with Crippen molar-refractivity contribution in [3.63, 3.8) is 0 Å². The number of tetrazole rings is 1. The Balaban J connectivity index is 2.29. The van der Waals surface area contributed by atoms with E-state index in [9.17, 15) is 0 Å². The lowest BCUT2D eigenvalue weighted by atomic mass is 10.1. The minimum absolute atomic E-state index is 0.681. The van der Waals surface area contributed by atoms with E-state index in [1.54, 1.807) is 0 Å².